The van der Waals surface area contributed by atoms with Gasteiger partial charge in [0.15, 0.2) is 5.96 Å². The lowest BCUT2D eigenvalue weighted by Crippen LogP contribution is -2.42. The number of aliphatic hydroxyl groups excluding tert-OH is 1. The molecular formula is C17H30IN3O3. The third kappa shape index (κ3) is 7.57. The number of aliphatic imine (C=N–C) groups is 1. The normalized spacial score (nSPS) is 13.5. The second-order valence-electron chi connectivity index (χ2n) is 5.34. The molecule has 3 N–H and O–H groups in total. The molecule has 0 saturated heterocycles. The van der Waals surface area contributed by atoms with Crippen LogP contribution >= 0.6 is 24.0 Å². The van der Waals surface area contributed by atoms with Gasteiger partial charge in [0.05, 0.1) is 26.9 Å². The van der Waals surface area contributed by atoms with Crippen LogP contribution in [0.25, 0.3) is 0 Å². The number of nitrogens with one attached hydrogen (secondary N) is 2. The lowest BCUT2D eigenvalue weighted by atomic mass is 10.1. The number of nitrogens with zero attached hydrogens (tertiary/aromatic N) is 1. The minimum absolute atomic E-state index is 0. The zero-order valence-corrected chi connectivity index (χ0v) is 17.5. The number of hydrogen-bond acceptors (Lipinski definition) is 4. The highest BCUT2D eigenvalue weighted by Crippen LogP contribution is 2.26. The highest BCUT2D eigenvalue weighted by atomic mass is 127. The number of rotatable bonds is 8. The summed E-state index contributed by atoms with van der Waals surface area (Å²) in [6.45, 7) is 7.24. The molecular weight excluding hydrogens is 421 g/mol. The smallest absolute Gasteiger partial charge is 0.191 e. The van der Waals surface area contributed by atoms with Crippen LogP contribution in [-0.2, 0) is 0 Å². The predicted octanol–water partition coefficient (Wildman–Crippen LogP) is 2.71. The van der Waals surface area contributed by atoms with E-state index in [9.17, 15) is 5.11 Å². The summed E-state index contributed by atoms with van der Waals surface area (Å²) in [7, 11) is 3.17. The number of halogens is 1. The Bertz CT molecular complexity index is 490. The van der Waals surface area contributed by atoms with Crippen molar-refractivity contribution in [1.82, 2.24) is 10.6 Å². The summed E-state index contributed by atoms with van der Waals surface area (Å²) < 4.78 is 10.5. The van der Waals surface area contributed by atoms with E-state index in [0.717, 1.165) is 13.0 Å². The second kappa shape index (κ2) is 12.2. The van der Waals surface area contributed by atoms with Gasteiger partial charge < -0.3 is 25.2 Å². The average Bonchev–Trinajstić information content (AvgIpc) is 2.58. The Kier molecular flexibility index (Phi) is 11.6. The van der Waals surface area contributed by atoms with Gasteiger partial charge in [-0.15, -0.1) is 24.0 Å². The van der Waals surface area contributed by atoms with Crippen LogP contribution < -0.4 is 20.1 Å². The first kappa shape index (κ1) is 22.8. The van der Waals surface area contributed by atoms with Crippen molar-refractivity contribution in [2.75, 3.05) is 27.3 Å². The summed E-state index contributed by atoms with van der Waals surface area (Å²) >= 11 is 0. The van der Waals surface area contributed by atoms with Crippen molar-refractivity contribution < 1.29 is 14.6 Å². The van der Waals surface area contributed by atoms with Gasteiger partial charge >= 0.3 is 0 Å². The predicted molar refractivity (Wildman–Crippen MR) is 109 cm³/mol. The first-order valence-electron chi connectivity index (χ1n) is 7.99. The molecule has 0 fully saturated rings. The monoisotopic (exact) mass is 451 g/mol. The van der Waals surface area contributed by atoms with Gasteiger partial charge in [-0.25, -0.2) is 0 Å². The molecule has 138 valence electrons. The van der Waals surface area contributed by atoms with Crippen LogP contribution in [0.3, 0.4) is 0 Å². The van der Waals surface area contributed by atoms with Crippen LogP contribution in [0, 0.1) is 0 Å². The molecule has 1 aromatic carbocycles. The molecule has 6 nitrogen and oxygen atoms in total. The van der Waals surface area contributed by atoms with E-state index in [1.165, 1.54) is 0 Å². The summed E-state index contributed by atoms with van der Waals surface area (Å²) in [4.78, 5) is 4.45. The fourth-order valence-corrected chi connectivity index (χ4v) is 1.96. The molecule has 0 spiro atoms. The van der Waals surface area contributed by atoms with Crippen LogP contribution in [0.15, 0.2) is 23.2 Å². The van der Waals surface area contributed by atoms with Gasteiger partial charge in [0.2, 0.25) is 0 Å². The van der Waals surface area contributed by atoms with E-state index >= 15 is 0 Å². The average molecular weight is 451 g/mol. The number of guanidine groups is 1. The summed E-state index contributed by atoms with van der Waals surface area (Å²) in [5.41, 5.74) is 0.712. The molecule has 0 heterocycles. The van der Waals surface area contributed by atoms with Crippen molar-refractivity contribution in [3.8, 4) is 11.5 Å². The van der Waals surface area contributed by atoms with Crippen molar-refractivity contribution >= 4 is 29.9 Å². The highest BCUT2D eigenvalue weighted by molar-refractivity contribution is 14.0. The molecule has 2 unspecified atom stereocenters. The van der Waals surface area contributed by atoms with E-state index in [0.29, 0.717) is 29.1 Å². The van der Waals surface area contributed by atoms with E-state index in [1.54, 1.807) is 32.4 Å². The molecule has 0 aliphatic heterocycles. The van der Waals surface area contributed by atoms with Crippen molar-refractivity contribution in [3.63, 3.8) is 0 Å². The molecule has 0 aliphatic rings. The number of methoxy groups -OCH3 is 2. The molecule has 24 heavy (non-hydrogen) atoms. The molecule has 0 radical (unpaired) electrons. The largest absolute Gasteiger partial charge is 0.497 e. The SMILES string of the molecule is CCNC(=NCC(O)c1cc(OC)cc(OC)c1)NC(C)CC.I. The number of hydrogen-bond donors (Lipinski definition) is 3. The second-order valence-corrected chi connectivity index (χ2v) is 5.34. The Balaban J connectivity index is 0.00000529. The Morgan fingerprint density at radius 2 is 1.75 bits per heavy atom. The lowest BCUT2D eigenvalue weighted by Gasteiger charge is -2.17. The Labute approximate surface area is 162 Å². The Hall–Kier alpha value is -1.22. The maximum absolute atomic E-state index is 10.4. The zero-order chi connectivity index (χ0) is 17.2. The van der Waals surface area contributed by atoms with Gasteiger partial charge in [-0.3, -0.25) is 4.99 Å². The molecule has 7 heteroatoms. The van der Waals surface area contributed by atoms with Crippen LogP contribution in [0.1, 0.15) is 38.9 Å². The molecule has 0 bridgehead atoms. The minimum Gasteiger partial charge on any atom is -0.497 e. The van der Waals surface area contributed by atoms with Crippen LogP contribution in [0.5, 0.6) is 11.5 Å². The molecule has 1 aromatic rings. The third-order valence-corrected chi connectivity index (χ3v) is 3.52. The van der Waals surface area contributed by atoms with Crippen molar-refractivity contribution in [2.45, 2.75) is 39.3 Å². The summed E-state index contributed by atoms with van der Waals surface area (Å²) in [5.74, 6) is 2.00. The summed E-state index contributed by atoms with van der Waals surface area (Å²) in [6.07, 6.45) is 0.270. The number of benzene rings is 1. The van der Waals surface area contributed by atoms with E-state index in [2.05, 4.69) is 29.5 Å². The van der Waals surface area contributed by atoms with Crippen molar-refractivity contribution in [1.29, 1.82) is 0 Å². The van der Waals surface area contributed by atoms with Gasteiger partial charge in [-0.2, -0.15) is 0 Å². The van der Waals surface area contributed by atoms with Crippen LogP contribution in [0.4, 0.5) is 0 Å². The van der Waals surface area contributed by atoms with Crippen LogP contribution in [0.2, 0.25) is 0 Å². The lowest BCUT2D eigenvalue weighted by molar-refractivity contribution is 0.186. The Morgan fingerprint density at radius 1 is 1.17 bits per heavy atom. The fraction of sp³-hybridized carbons (Fsp3) is 0.588. The van der Waals surface area contributed by atoms with Gasteiger partial charge in [0.1, 0.15) is 11.5 Å². The fourth-order valence-electron chi connectivity index (χ4n) is 1.96. The molecule has 0 aromatic heterocycles. The van der Waals surface area contributed by atoms with E-state index < -0.39 is 6.10 Å². The quantitative estimate of drug-likeness (QED) is 0.322. The first-order chi connectivity index (χ1) is 11.0. The van der Waals surface area contributed by atoms with Gasteiger partial charge in [-0.1, -0.05) is 6.92 Å². The topological polar surface area (TPSA) is 75.1 Å². The summed E-state index contributed by atoms with van der Waals surface area (Å²) in [5, 5.41) is 16.9. The van der Waals surface area contributed by atoms with Crippen molar-refractivity contribution in [3.05, 3.63) is 23.8 Å². The highest BCUT2D eigenvalue weighted by Gasteiger charge is 2.11. The molecule has 2 atom stereocenters. The number of aliphatic hydroxyl groups is 1. The van der Waals surface area contributed by atoms with Crippen LogP contribution in [-0.4, -0.2) is 44.4 Å². The van der Waals surface area contributed by atoms with Crippen molar-refractivity contribution in [2.24, 2.45) is 4.99 Å². The van der Waals surface area contributed by atoms with E-state index in [-0.39, 0.29) is 30.5 Å². The minimum atomic E-state index is -0.730. The van der Waals surface area contributed by atoms with E-state index in [4.69, 9.17) is 9.47 Å². The maximum atomic E-state index is 10.4. The molecule has 0 aliphatic carbocycles. The third-order valence-electron chi connectivity index (χ3n) is 3.52. The van der Waals surface area contributed by atoms with E-state index in [1.807, 2.05) is 6.92 Å². The maximum Gasteiger partial charge on any atom is 0.191 e. The number of ether oxygens (including phenoxy) is 2. The molecule has 1 rings (SSSR count). The molecule has 0 saturated carbocycles. The standard InChI is InChI=1S/C17H29N3O3.HI/c1-6-12(3)20-17(18-7-2)19-11-16(21)13-8-14(22-4)10-15(9-13)23-5;/h8-10,12,16,21H,6-7,11H2,1-5H3,(H2,18,19,20);1H. The van der Waals surface area contributed by atoms with Gasteiger partial charge in [0, 0.05) is 18.7 Å². The first-order valence-corrected chi connectivity index (χ1v) is 7.99. The summed E-state index contributed by atoms with van der Waals surface area (Å²) in [6, 6.07) is 5.67. The van der Waals surface area contributed by atoms with Gasteiger partial charge in [0.25, 0.3) is 0 Å². The zero-order valence-electron chi connectivity index (χ0n) is 15.1. The Morgan fingerprint density at radius 3 is 2.21 bits per heavy atom. The molecule has 0 amide bonds. The van der Waals surface area contributed by atoms with Gasteiger partial charge in [-0.05, 0) is 38.0 Å².